The molecule has 1 atom stereocenters. The molecule has 1 aromatic heterocycles. The molecule has 2 saturated heterocycles. The Bertz CT molecular complexity index is 926. The Labute approximate surface area is 189 Å². The standard InChI is InChI=1S/C24H32N6O2/c1-3-28(2)22-7-5-4-6-21(22)19-10-11-29(17-19)16-18-8-12-30(13-9-18)24-25-14-20(15-26-24)23(31)27-32/h3-7,14-15,18-19,32H,1,8-13,16-17H2,2H3,(H,27,31). The Kier molecular flexibility index (Phi) is 7.02. The van der Waals surface area contributed by atoms with E-state index in [9.17, 15) is 4.79 Å². The number of carbonyl (C=O) groups excluding carboxylic acids is 1. The highest BCUT2D eigenvalue weighted by Gasteiger charge is 2.29. The van der Waals surface area contributed by atoms with E-state index in [1.54, 1.807) is 5.48 Å². The Hall–Kier alpha value is -2.97. The van der Waals surface area contributed by atoms with Gasteiger partial charge in [0, 0.05) is 51.3 Å². The average Bonchev–Trinajstić information content (AvgIpc) is 3.32. The third-order valence-corrected chi connectivity index (χ3v) is 6.72. The molecule has 0 spiro atoms. The predicted octanol–water partition coefficient (Wildman–Crippen LogP) is 2.88. The highest BCUT2D eigenvalue weighted by molar-refractivity contribution is 5.92. The summed E-state index contributed by atoms with van der Waals surface area (Å²) in [4.78, 5) is 26.9. The fourth-order valence-electron chi connectivity index (χ4n) is 4.85. The van der Waals surface area contributed by atoms with Gasteiger partial charge >= 0.3 is 0 Å². The van der Waals surface area contributed by atoms with Gasteiger partial charge < -0.3 is 14.7 Å². The summed E-state index contributed by atoms with van der Waals surface area (Å²) >= 11 is 0. The van der Waals surface area contributed by atoms with Crippen LogP contribution in [0.1, 0.15) is 41.1 Å². The lowest BCUT2D eigenvalue weighted by Crippen LogP contribution is -2.39. The number of likely N-dealkylation sites (tertiary alicyclic amines) is 1. The van der Waals surface area contributed by atoms with Crippen molar-refractivity contribution < 1.29 is 10.0 Å². The van der Waals surface area contributed by atoms with Crippen molar-refractivity contribution in [2.45, 2.75) is 25.2 Å². The maximum atomic E-state index is 11.4. The molecule has 1 amide bonds. The molecule has 8 heteroatoms. The molecule has 1 unspecified atom stereocenters. The zero-order valence-corrected chi connectivity index (χ0v) is 18.7. The van der Waals surface area contributed by atoms with Gasteiger partial charge in [0.2, 0.25) is 5.95 Å². The van der Waals surface area contributed by atoms with Crippen LogP contribution >= 0.6 is 0 Å². The van der Waals surface area contributed by atoms with Gasteiger partial charge in [0.1, 0.15) is 0 Å². The van der Waals surface area contributed by atoms with Gasteiger partial charge in [-0.1, -0.05) is 24.8 Å². The number of benzene rings is 1. The quantitative estimate of drug-likeness (QED) is 0.510. The van der Waals surface area contributed by atoms with E-state index in [0.717, 1.165) is 45.6 Å². The first kappa shape index (κ1) is 22.2. The van der Waals surface area contributed by atoms with Gasteiger partial charge in [0.05, 0.1) is 5.56 Å². The Morgan fingerprint density at radius 3 is 2.62 bits per heavy atom. The van der Waals surface area contributed by atoms with Crippen molar-refractivity contribution in [2.75, 3.05) is 49.6 Å². The number of carbonyl (C=O) groups is 1. The number of amides is 1. The number of nitrogens with one attached hydrogen (secondary N) is 1. The number of piperidine rings is 1. The lowest BCUT2D eigenvalue weighted by Gasteiger charge is -2.34. The highest BCUT2D eigenvalue weighted by Crippen LogP contribution is 2.34. The van der Waals surface area contributed by atoms with Gasteiger partial charge in [0.15, 0.2) is 0 Å². The second kappa shape index (κ2) is 10.1. The smallest absolute Gasteiger partial charge is 0.277 e. The summed E-state index contributed by atoms with van der Waals surface area (Å²) < 4.78 is 0. The second-order valence-corrected chi connectivity index (χ2v) is 8.74. The molecule has 2 aliphatic heterocycles. The number of rotatable bonds is 7. The van der Waals surface area contributed by atoms with Crippen LogP contribution in [0.2, 0.25) is 0 Å². The average molecular weight is 437 g/mol. The fourth-order valence-corrected chi connectivity index (χ4v) is 4.85. The van der Waals surface area contributed by atoms with Crippen LogP contribution in [0.25, 0.3) is 0 Å². The molecule has 2 aliphatic rings. The first-order valence-corrected chi connectivity index (χ1v) is 11.3. The van der Waals surface area contributed by atoms with Gasteiger partial charge in [-0.2, -0.15) is 0 Å². The van der Waals surface area contributed by atoms with Crippen LogP contribution in [0.3, 0.4) is 0 Å². The molecule has 0 bridgehead atoms. The normalized spacial score (nSPS) is 19.7. The van der Waals surface area contributed by atoms with Gasteiger partial charge in [-0.05, 0) is 55.5 Å². The van der Waals surface area contributed by atoms with Crippen molar-refractivity contribution in [2.24, 2.45) is 5.92 Å². The summed E-state index contributed by atoms with van der Waals surface area (Å²) in [6, 6.07) is 8.68. The molecule has 32 heavy (non-hydrogen) atoms. The Morgan fingerprint density at radius 2 is 1.94 bits per heavy atom. The molecule has 0 aliphatic carbocycles. The Morgan fingerprint density at radius 1 is 1.22 bits per heavy atom. The lowest BCUT2D eigenvalue weighted by molar-refractivity contribution is 0.0705. The van der Waals surface area contributed by atoms with Gasteiger partial charge in [-0.3, -0.25) is 10.0 Å². The first-order chi connectivity index (χ1) is 15.6. The Balaban J connectivity index is 1.28. The number of anilines is 2. The topological polar surface area (TPSA) is 84.8 Å². The van der Waals surface area contributed by atoms with Gasteiger partial charge in [-0.15, -0.1) is 0 Å². The van der Waals surface area contributed by atoms with E-state index in [1.807, 2.05) is 6.20 Å². The molecule has 0 saturated carbocycles. The van der Waals surface area contributed by atoms with Crippen LogP contribution in [-0.4, -0.2) is 65.8 Å². The van der Waals surface area contributed by atoms with Crippen molar-refractivity contribution in [1.82, 2.24) is 20.3 Å². The van der Waals surface area contributed by atoms with Crippen molar-refractivity contribution in [1.29, 1.82) is 0 Å². The SMILES string of the molecule is C=CN(C)c1ccccc1C1CCN(CC2CCN(c3ncc(C(=O)NO)cn3)CC2)C1. The third-order valence-electron chi connectivity index (χ3n) is 6.72. The van der Waals surface area contributed by atoms with E-state index >= 15 is 0 Å². The molecule has 0 radical (unpaired) electrons. The summed E-state index contributed by atoms with van der Waals surface area (Å²) in [5, 5.41) is 8.71. The highest BCUT2D eigenvalue weighted by atomic mass is 16.5. The monoisotopic (exact) mass is 436 g/mol. The zero-order valence-electron chi connectivity index (χ0n) is 18.7. The summed E-state index contributed by atoms with van der Waals surface area (Å²) in [5.41, 5.74) is 4.52. The van der Waals surface area contributed by atoms with Crippen LogP contribution in [0.5, 0.6) is 0 Å². The maximum absolute atomic E-state index is 11.4. The molecular formula is C24H32N6O2. The number of aromatic nitrogens is 2. The minimum absolute atomic E-state index is 0.246. The molecular weight excluding hydrogens is 404 g/mol. The first-order valence-electron chi connectivity index (χ1n) is 11.3. The second-order valence-electron chi connectivity index (χ2n) is 8.74. The maximum Gasteiger partial charge on any atom is 0.277 e. The molecule has 1 aromatic carbocycles. The third kappa shape index (κ3) is 4.92. The molecule has 8 nitrogen and oxygen atoms in total. The van der Waals surface area contributed by atoms with E-state index in [-0.39, 0.29) is 5.56 Å². The summed E-state index contributed by atoms with van der Waals surface area (Å²) in [6.07, 6.45) is 8.19. The number of hydroxylamine groups is 1. The molecule has 2 N–H and O–H groups in total. The van der Waals surface area contributed by atoms with Crippen molar-refractivity contribution in [3.8, 4) is 0 Å². The van der Waals surface area contributed by atoms with Crippen LogP contribution in [0.4, 0.5) is 11.6 Å². The van der Waals surface area contributed by atoms with Gasteiger partial charge in [0.25, 0.3) is 5.91 Å². The molecule has 4 rings (SSSR count). The van der Waals surface area contributed by atoms with Crippen LogP contribution in [0.15, 0.2) is 49.4 Å². The van der Waals surface area contributed by atoms with Crippen LogP contribution in [-0.2, 0) is 0 Å². The van der Waals surface area contributed by atoms with E-state index < -0.39 is 5.91 Å². The van der Waals surface area contributed by atoms with E-state index in [1.165, 1.54) is 30.1 Å². The lowest BCUT2D eigenvalue weighted by atomic mass is 9.95. The van der Waals surface area contributed by atoms with Crippen LogP contribution in [0, 0.1) is 5.92 Å². The van der Waals surface area contributed by atoms with Crippen molar-refractivity contribution >= 4 is 17.5 Å². The molecule has 2 fully saturated rings. The minimum Gasteiger partial charge on any atom is -0.351 e. The molecule has 3 heterocycles. The fraction of sp³-hybridized carbons (Fsp3) is 0.458. The summed E-state index contributed by atoms with van der Waals surface area (Å²) in [7, 11) is 2.06. The number of para-hydroxylation sites is 1. The van der Waals surface area contributed by atoms with Crippen molar-refractivity contribution in [3.05, 3.63) is 60.6 Å². The number of hydrogen-bond donors (Lipinski definition) is 2. The predicted molar refractivity (Wildman–Crippen MR) is 125 cm³/mol. The number of nitrogens with zero attached hydrogens (tertiary/aromatic N) is 5. The van der Waals surface area contributed by atoms with E-state index in [2.05, 4.69) is 62.6 Å². The van der Waals surface area contributed by atoms with Crippen LogP contribution < -0.4 is 15.3 Å². The van der Waals surface area contributed by atoms with Crippen molar-refractivity contribution in [3.63, 3.8) is 0 Å². The summed E-state index contributed by atoms with van der Waals surface area (Å²) in [6.45, 7) is 9.15. The molecule has 170 valence electrons. The molecule has 2 aromatic rings. The van der Waals surface area contributed by atoms with Gasteiger partial charge in [-0.25, -0.2) is 15.4 Å². The number of hydrogen-bond acceptors (Lipinski definition) is 7. The van der Waals surface area contributed by atoms with E-state index in [0.29, 0.717) is 17.8 Å². The van der Waals surface area contributed by atoms with E-state index in [4.69, 9.17) is 5.21 Å². The largest absolute Gasteiger partial charge is 0.351 e. The minimum atomic E-state index is -0.599. The zero-order chi connectivity index (χ0) is 22.5. The summed E-state index contributed by atoms with van der Waals surface area (Å²) in [5.74, 6) is 1.28.